The van der Waals surface area contributed by atoms with Crippen molar-refractivity contribution in [3.05, 3.63) is 47.5 Å². The number of aromatic nitrogens is 2. The number of hydrogen-bond donors (Lipinski definition) is 1. The number of para-hydroxylation sites is 1. The average molecular weight is 297 g/mol. The molecule has 1 N–H and O–H groups in total. The van der Waals surface area contributed by atoms with Gasteiger partial charge in [0.15, 0.2) is 0 Å². The fourth-order valence-corrected chi connectivity index (χ4v) is 2.97. The standard InChI is InChI=1S/C18H23N3O/c1-13(2)18(22)19-12-17-20-15-10-6-7-11-16(15)21(17)14-8-4-3-5-9-14/h3-5,8-9,13H,6-7,10-12H2,1-2H3,(H,19,22). The number of carbonyl (C=O) groups is 1. The monoisotopic (exact) mass is 297 g/mol. The number of hydrogen-bond acceptors (Lipinski definition) is 2. The van der Waals surface area contributed by atoms with Gasteiger partial charge in [0.2, 0.25) is 5.91 Å². The molecular weight excluding hydrogens is 274 g/mol. The molecule has 1 aromatic heterocycles. The molecule has 22 heavy (non-hydrogen) atoms. The minimum atomic E-state index is -0.00485. The number of rotatable bonds is 4. The summed E-state index contributed by atoms with van der Waals surface area (Å²) in [6, 6.07) is 10.3. The first-order chi connectivity index (χ1) is 10.7. The molecule has 1 aliphatic rings. The lowest BCUT2D eigenvalue weighted by Crippen LogP contribution is -2.28. The van der Waals surface area contributed by atoms with Crippen LogP contribution in [0, 0.1) is 5.92 Å². The predicted molar refractivity (Wildman–Crippen MR) is 86.9 cm³/mol. The molecule has 4 heteroatoms. The van der Waals surface area contributed by atoms with Crippen LogP contribution in [0.2, 0.25) is 0 Å². The number of aryl methyl sites for hydroxylation is 1. The molecular formula is C18H23N3O. The molecule has 0 unspecified atom stereocenters. The predicted octanol–water partition coefficient (Wildman–Crippen LogP) is 3.02. The highest BCUT2D eigenvalue weighted by Gasteiger charge is 2.21. The Balaban J connectivity index is 1.95. The Bertz CT molecular complexity index is 658. The Morgan fingerprint density at radius 2 is 1.95 bits per heavy atom. The number of nitrogens with zero attached hydrogens (tertiary/aromatic N) is 2. The van der Waals surface area contributed by atoms with Crippen LogP contribution in [0.3, 0.4) is 0 Å². The Kier molecular flexibility index (Phi) is 4.27. The quantitative estimate of drug-likeness (QED) is 0.943. The van der Waals surface area contributed by atoms with Crippen molar-refractivity contribution in [3.63, 3.8) is 0 Å². The van der Waals surface area contributed by atoms with E-state index >= 15 is 0 Å². The molecule has 116 valence electrons. The molecule has 1 heterocycles. The molecule has 0 saturated carbocycles. The van der Waals surface area contributed by atoms with Gasteiger partial charge < -0.3 is 5.32 Å². The molecule has 1 amide bonds. The maximum atomic E-state index is 11.9. The van der Waals surface area contributed by atoms with Crippen molar-refractivity contribution < 1.29 is 4.79 Å². The van der Waals surface area contributed by atoms with Gasteiger partial charge in [-0.2, -0.15) is 0 Å². The Morgan fingerprint density at radius 1 is 1.23 bits per heavy atom. The van der Waals surface area contributed by atoms with Crippen LogP contribution in [0.5, 0.6) is 0 Å². The molecule has 2 aromatic rings. The fraction of sp³-hybridized carbons (Fsp3) is 0.444. The largest absolute Gasteiger partial charge is 0.349 e. The van der Waals surface area contributed by atoms with Crippen molar-refractivity contribution in [2.24, 2.45) is 5.92 Å². The summed E-state index contributed by atoms with van der Waals surface area (Å²) in [5, 5.41) is 3.00. The third-order valence-electron chi connectivity index (χ3n) is 4.16. The highest BCUT2D eigenvalue weighted by atomic mass is 16.1. The molecule has 0 saturated heterocycles. The van der Waals surface area contributed by atoms with Gasteiger partial charge >= 0.3 is 0 Å². The third kappa shape index (κ3) is 2.91. The van der Waals surface area contributed by atoms with Gasteiger partial charge in [-0.15, -0.1) is 0 Å². The first-order valence-corrected chi connectivity index (χ1v) is 8.09. The van der Waals surface area contributed by atoms with Gasteiger partial charge in [0.05, 0.1) is 12.2 Å². The second-order valence-electron chi connectivity index (χ2n) is 6.17. The smallest absolute Gasteiger partial charge is 0.222 e. The number of benzene rings is 1. The first kappa shape index (κ1) is 14.8. The van der Waals surface area contributed by atoms with Crippen molar-refractivity contribution in [2.45, 2.75) is 46.1 Å². The molecule has 0 spiro atoms. The second kappa shape index (κ2) is 6.34. The molecule has 3 rings (SSSR count). The van der Waals surface area contributed by atoms with E-state index in [1.165, 1.54) is 24.2 Å². The summed E-state index contributed by atoms with van der Waals surface area (Å²) >= 11 is 0. The maximum absolute atomic E-state index is 11.9. The summed E-state index contributed by atoms with van der Waals surface area (Å²) in [4.78, 5) is 16.7. The summed E-state index contributed by atoms with van der Waals surface area (Å²) in [6.45, 7) is 4.30. The van der Waals surface area contributed by atoms with Crippen LogP contribution in [0.4, 0.5) is 0 Å². The van der Waals surface area contributed by atoms with Gasteiger partial charge in [0.1, 0.15) is 5.82 Å². The number of imidazole rings is 1. The van der Waals surface area contributed by atoms with Gasteiger partial charge in [-0.25, -0.2) is 4.98 Å². The molecule has 0 atom stereocenters. The van der Waals surface area contributed by atoms with Crippen molar-refractivity contribution in [1.82, 2.24) is 14.9 Å². The first-order valence-electron chi connectivity index (χ1n) is 8.09. The number of nitrogens with one attached hydrogen (secondary N) is 1. The Morgan fingerprint density at radius 3 is 2.68 bits per heavy atom. The lowest BCUT2D eigenvalue weighted by Gasteiger charge is -2.16. The van der Waals surface area contributed by atoms with Gasteiger partial charge in [-0.3, -0.25) is 9.36 Å². The molecule has 0 aliphatic heterocycles. The van der Waals surface area contributed by atoms with E-state index in [-0.39, 0.29) is 11.8 Å². The van der Waals surface area contributed by atoms with Crippen molar-refractivity contribution in [3.8, 4) is 5.69 Å². The summed E-state index contributed by atoms with van der Waals surface area (Å²) < 4.78 is 2.23. The number of fused-ring (bicyclic) bond motifs is 1. The van der Waals surface area contributed by atoms with Crippen LogP contribution in [0.25, 0.3) is 5.69 Å². The van der Waals surface area contributed by atoms with Crippen LogP contribution in [0.15, 0.2) is 30.3 Å². The van der Waals surface area contributed by atoms with Gasteiger partial charge in [0, 0.05) is 17.3 Å². The van der Waals surface area contributed by atoms with E-state index in [0.29, 0.717) is 6.54 Å². The number of amides is 1. The van der Waals surface area contributed by atoms with E-state index in [1.807, 2.05) is 32.0 Å². The zero-order valence-corrected chi connectivity index (χ0v) is 13.3. The fourth-order valence-electron chi connectivity index (χ4n) is 2.97. The van der Waals surface area contributed by atoms with Crippen molar-refractivity contribution >= 4 is 5.91 Å². The van der Waals surface area contributed by atoms with Crippen LogP contribution < -0.4 is 5.32 Å². The lowest BCUT2D eigenvalue weighted by molar-refractivity contribution is -0.124. The van der Waals surface area contributed by atoms with Crippen molar-refractivity contribution in [1.29, 1.82) is 0 Å². The normalized spacial score (nSPS) is 14.0. The zero-order chi connectivity index (χ0) is 15.5. The van der Waals surface area contributed by atoms with Crippen LogP contribution in [-0.2, 0) is 24.2 Å². The lowest BCUT2D eigenvalue weighted by atomic mass is 10.0. The average Bonchev–Trinajstić information content (AvgIpc) is 2.91. The van der Waals surface area contributed by atoms with E-state index in [4.69, 9.17) is 4.98 Å². The molecule has 4 nitrogen and oxygen atoms in total. The molecule has 1 aromatic carbocycles. The maximum Gasteiger partial charge on any atom is 0.222 e. The summed E-state index contributed by atoms with van der Waals surface area (Å²) in [5.74, 6) is 1.00. The van der Waals surface area contributed by atoms with E-state index in [9.17, 15) is 4.79 Å². The van der Waals surface area contributed by atoms with Gasteiger partial charge in [-0.05, 0) is 37.8 Å². The van der Waals surface area contributed by atoms with E-state index in [1.54, 1.807) is 0 Å². The highest BCUT2D eigenvalue weighted by Crippen LogP contribution is 2.25. The van der Waals surface area contributed by atoms with Gasteiger partial charge in [0.25, 0.3) is 0 Å². The molecule has 0 bridgehead atoms. The van der Waals surface area contributed by atoms with Crippen LogP contribution >= 0.6 is 0 Å². The second-order valence-corrected chi connectivity index (χ2v) is 6.17. The molecule has 0 fully saturated rings. The zero-order valence-electron chi connectivity index (χ0n) is 13.3. The van der Waals surface area contributed by atoms with Gasteiger partial charge in [-0.1, -0.05) is 32.0 Å². The highest BCUT2D eigenvalue weighted by molar-refractivity contribution is 5.77. The number of carbonyl (C=O) groups excluding carboxylic acids is 1. The molecule has 1 aliphatic carbocycles. The van der Waals surface area contributed by atoms with E-state index in [0.717, 1.165) is 24.4 Å². The van der Waals surface area contributed by atoms with E-state index < -0.39 is 0 Å². The van der Waals surface area contributed by atoms with Crippen LogP contribution in [-0.4, -0.2) is 15.5 Å². The SMILES string of the molecule is CC(C)C(=O)NCc1nc2c(n1-c1ccccc1)CCCC2. The minimum absolute atomic E-state index is 0.00485. The Hall–Kier alpha value is -2.10. The minimum Gasteiger partial charge on any atom is -0.349 e. The van der Waals surface area contributed by atoms with Crippen molar-refractivity contribution in [2.75, 3.05) is 0 Å². The summed E-state index contributed by atoms with van der Waals surface area (Å²) in [7, 11) is 0. The van der Waals surface area contributed by atoms with Crippen LogP contribution in [0.1, 0.15) is 43.9 Å². The summed E-state index contributed by atoms with van der Waals surface area (Å²) in [6.07, 6.45) is 4.52. The Labute approximate surface area is 131 Å². The third-order valence-corrected chi connectivity index (χ3v) is 4.16. The molecule has 0 radical (unpaired) electrons. The topological polar surface area (TPSA) is 46.9 Å². The van der Waals surface area contributed by atoms with E-state index in [2.05, 4.69) is 22.0 Å². The summed E-state index contributed by atoms with van der Waals surface area (Å²) in [5.41, 5.74) is 3.64.